The third-order valence-corrected chi connectivity index (χ3v) is 6.06. The van der Waals surface area contributed by atoms with Crippen LogP contribution in [0.4, 0.5) is 5.13 Å². The number of anilines is 1. The molecule has 0 fully saturated rings. The highest BCUT2D eigenvalue weighted by molar-refractivity contribution is 7.22. The van der Waals surface area contributed by atoms with Crippen molar-refractivity contribution in [1.29, 1.82) is 0 Å². The third kappa shape index (κ3) is 5.55. The van der Waals surface area contributed by atoms with Crippen molar-refractivity contribution in [3.05, 3.63) is 60.7 Å². The number of thiazole rings is 1. The molecular weight excluding hydrogens is 464 g/mol. The van der Waals surface area contributed by atoms with E-state index >= 15 is 0 Å². The van der Waals surface area contributed by atoms with Crippen LogP contribution in [-0.2, 0) is 6.54 Å². The number of methoxy groups -OCH3 is 3. The number of rotatable bonds is 9. The minimum absolute atomic E-state index is 0. The quantitative estimate of drug-likeness (QED) is 0.340. The van der Waals surface area contributed by atoms with Crippen LogP contribution in [0.5, 0.6) is 17.2 Å². The smallest absolute Gasteiger partial charge is 0.260 e. The molecule has 0 N–H and O–H groups in total. The number of hydrogen-bond donors (Lipinski definition) is 0. The maximum atomic E-state index is 13.6. The number of hydrogen-bond acceptors (Lipinski definition) is 7. The van der Waals surface area contributed by atoms with Crippen molar-refractivity contribution in [1.82, 2.24) is 14.5 Å². The van der Waals surface area contributed by atoms with E-state index in [-0.39, 0.29) is 18.3 Å². The molecule has 0 aliphatic rings. The fourth-order valence-electron chi connectivity index (χ4n) is 3.34. The zero-order valence-corrected chi connectivity index (χ0v) is 20.2. The molecule has 1 amide bonds. The zero-order chi connectivity index (χ0) is 22.5. The number of carbonyl (C=O) groups excluding carboxylic acids is 1. The highest BCUT2D eigenvalue weighted by Crippen LogP contribution is 2.33. The Balaban J connectivity index is 0.00000306. The minimum atomic E-state index is -0.168. The van der Waals surface area contributed by atoms with Crippen molar-refractivity contribution in [3.8, 4) is 17.2 Å². The number of carbonyl (C=O) groups is 1. The number of aryl methyl sites for hydroxylation is 1. The van der Waals surface area contributed by atoms with E-state index in [0.717, 1.165) is 28.9 Å². The Labute approximate surface area is 202 Å². The van der Waals surface area contributed by atoms with Crippen LogP contribution in [0.3, 0.4) is 0 Å². The Bertz CT molecular complexity index is 1190. The largest absolute Gasteiger partial charge is 0.497 e. The molecule has 0 aliphatic carbocycles. The number of halogens is 1. The lowest BCUT2D eigenvalue weighted by Crippen LogP contribution is -2.32. The van der Waals surface area contributed by atoms with E-state index in [4.69, 9.17) is 19.2 Å². The first kappa shape index (κ1) is 24.3. The predicted molar refractivity (Wildman–Crippen MR) is 131 cm³/mol. The number of ether oxygens (including phenoxy) is 3. The van der Waals surface area contributed by atoms with Gasteiger partial charge in [0, 0.05) is 37.1 Å². The van der Waals surface area contributed by atoms with Crippen LogP contribution < -0.4 is 19.1 Å². The topological polar surface area (TPSA) is 78.7 Å². The molecule has 10 heteroatoms. The summed E-state index contributed by atoms with van der Waals surface area (Å²) in [5.74, 6) is 1.70. The first-order chi connectivity index (χ1) is 15.6. The van der Waals surface area contributed by atoms with Gasteiger partial charge in [-0.05, 0) is 36.8 Å². The molecule has 33 heavy (non-hydrogen) atoms. The van der Waals surface area contributed by atoms with Gasteiger partial charge in [0.1, 0.15) is 17.2 Å². The first-order valence-electron chi connectivity index (χ1n) is 10.1. The lowest BCUT2D eigenvalue weighted by atomic mass is 10.1. The van der Waals surface area contributed by atoms with E-state index in [1.807, 2.05) is 29.0 Å². The van der Waals surface area contributed by atoms with E-state index in [0.29, 0.717) is 28.7 Å². The molecule has 0 radical (unpaired) electrons. The van der Waals surface area contributed by atoms with Gasteiger partial charge in [0.15, 0.2) is 5.13 Å². The summed E-state index contributed by atoms with van der Waals surface area (Å²) in [6, 6.07) is 10.9. The molecule has 0 bridgehead atoms. The first-order valence-corrected chi connectivity index (χ1v) is 10.9. The molecule has 2 aromatic carbocycles. The summed E-state index contributed by atoms with van der Waals surface area (Å²) in [7, 11) is 4.75. The summed E-state index contributed by atoms with van der Waals surface area (Å²) >= 11 is 1.46. The van der Waals surface area contributed by atoms with Crippen molar-refractivity contribution >= 4 is 45.0 Å². The van der Waals surface area contributed by atoms with Crippen molar-refractivity contribution in [2.75, 3.05) is 32.8 Å². The van der Waals surface area contributed by atoms with Crippen LogP contribution in [0, 0.1) is 0 Å². The monoisotopic (exact) mass is 488 g/mol. The van der Waals surface area contributed by atoms with Crippen LogP contribution in [0.2, 0.25) is 0 Å². The number of benzene rings is 2. The van der Waals surface area contributed by atoms with E-state index in [1.165, 1.54) is 11.3 Å². The van der Waals surface area contributed by atoms with Crippen molar-refractivity contribution in [2.24, 2.45) is 0 Å². The van der Waals surface area contributed by atoms with E-state index in [9.17, 15) is 4.79 Å². The van der Waals surface area contributed by atoms with Gasteiger partial charge in [-0.2, -0.15) is 0 Å². The molecule has 0 saturated heterocycles. The van der Waals surface area contributed by atoms with E-state index < -0.39 is 0 Å². The maximum Gasteiger partial charge on any atom is 0.260 e. The average molecular weight is 489 g/mol. The molecule has 0 spiro atoms. The van der Waals surface area contributed by atoms with Crippen molar-refractivity contribution in [2.45, 2.75) is 13.0 Å². The molecule has 0 unspecified atom stereocenters. The molecule has 0 atom stereocenters. The molecule has 174 valence electrons. The van der Waals surface area contributed by atoms with Crippen LogP contribution in [0.15, 0.2) is 55.1 Å². The summed E-state index contributed by atoms with van der Waals surface area (Å²) in [6.45, 7) is 1.23. The fraction of sp³-hybridized carbons (Fsp3) is 0.261. The van der Waals surface area contributed by atoms with Gasteiger partial charge in [0.25, 0.3) is 5.91 Å². The molecular formula is C23H25ClN4O4S. The van der Waals surface area contributed by atoms with Gasteiger partial charge in [-0.25, -0.2) is 9.97 Å². The lowest BCUT2D eigenvalue weighted by molar-refractivity contribution is 0.0985. The average Bonchev–Trinajstić information content (AvgIpc) is 3.50. The highest BCUT2D eigenvalue weighted by Gasteiger charge is 2.22. The fourth-order valence-corrected chi connectivity index (χ4v) is 4.35. The maximum absolute atomic E-state index is 13.6. The van der Waals surface area contributed by atoms with Crippen molar-refractivity contribution < 1.29 is 19.0 Å². The summed E-state index contributed by atoms with van der Waals surface area (Å²) in [5, 5.41) is 0.630. The van der Waals surface area contributed by atoms with Gasteiger partial charge in [-0.3, -0.25) is 9.69 Å². The minimum Gasteiger partial charge on any atom is -0.497 e. The zero-order valence-electron chi connectivity index (χ0n) is 18.6. The summed E-state index contributed by atoms with van der Waals surface area (Å²) in [4.78, 5) is 24.1. The molecule has 2 heterocycles. The standard InChI is InChI=1S/C23H24N4O4S.ClH/c1-29-17-5-6-20-21(14-17)32-23(25-20)27(9-4-8-26-10-7-24-15-26)22(28)16-11-18(30-2)13-19(12-16)31-3;/h5-7,10-15H,4,8-9H2,1-3H3;1H. The van der Waals surface area contributed by atoms with Crippen LogP contribution >= 0.6 is 23.7 Å². The van der Waals surface area contributed by atoms with Gasteiger partial charge < -0.3 is 18.8 Å². The number of aromatic nitrogens is 3. The molecule has 8 nitrogen and oxygen atoms in total. The van der Waals surface area contributed by atoms with Gasteiger partial charge in [0.05, 0.1) is 37.9 Å². The van der Waals surface area contributed by atoms with Gasteiger partial charge in [-0.1, -0.05) is 11.3 Å². The summed E-state index contributed by atoms with van der Waals surface area (Å²) in [6.07, 6.45) is 6.15. The van der Waals surface area contributed by atoms with Gasteiger partial charge >= 0.3 is 0 Å². The Kier molecular flexibility index (Phi) is 8.13. The normalized spacial score (nSPS) is 10.5. The van der Waals surface area contributed by atoms with Gasteiger partial charge in [-0.15, -0.1) is 12.4 Å². The number of fused-ring (bicyclic) bond motifs is 1. The SMILES string of the molecule is COc1cc(OC)cc(C(=O)N(CCCn2ccnc2)c2nc3ccc(OC)cc3s2)c1.Cl. The van der Waals surface area contributed by atoms with Crippen LogP contribution in [-0.4, -0.2) is 48.3 Å². The Morgan fingerprint density at radius 1 is 1.03 bits per heavy atom. The van der Waals surface area contributed by atoms with Crippen LogP contribution in [0.25, 0.3) is 10.2 Å². The number of amides is 1. The second-order valence-electron chi connectivity index (χ2n) is 7.04. The van der Waals surface area contributed by atoms with Gasteiger partial charge in [0.2, 0.25) is 0 Å². The van der Waals surface area contributed by atoms with Crippen molar-refractivity contribution in [3.63, 3.8) is 0 Å². The predicted octanol–water partition coefficient (Wildman–Crippen LogP) is 4.68. The Morgan fingerprint density at radius 3 is 2.39 bits per heavy atom. The van der Waals surface area contributed by atoms with Crippen LogP contribution in [0.1, 0.15) is 16.8 Å². The summed E-state index contributed by atoms with van der Waals surface area (Å²) in [5.41, 5.74) is 1.29. The highest BCUT2D eigenvalue weighted by atomic mass is 35.5. The summed E-state index contributed by atoms with van der Waals surface area (Å²) < 4.78 is 19.0. The molecule has 2 aromatic heterocycles. The Hall–Kier alpha value is -3.30. The second-order valence-corrected chi connectivity index (χ2v) is 8.05. The lowest BCUT2D eigenvalue weighted by Gasteiger charge is -2.20. The second kappa shape index (κ2) is 11.0. The molecule has 0 saturated carbocycles. The van der Waals surface area contributed by atoms with E-state index in [2.05, 4.69) is 4.98 Å². The number of imidazole rings is 1. The third-order valence-electron chi connectivity index (χ3n) is 5.02. The molecule has 4 aromatic rings. The molecule has 4 rings (SSSR count). The number of nitrogens with zero attached hydrogens (tertiary/aromatic N) is 4. The Morgan fingerprint density at radius 2 is 1.76 bits per heavy atom. The van der Waals surface area contributed by atoms with E-state index in [1.54, 1.807) is 57.0 Å². The molecule has 0 aliphatic heterocycles.